The van der Waals surface area contributed by atoms with Crippen LogP contribution >= 0.6 is 0 Å². The topological polar surface area (TPSA) is 36.2 Å². The second kappa shape index (κ2) is 5.67. The number of aromatic nitrogens is 2. The van der Waals surface area contributed by atoms with Gasteiger partial charge in [0.05, 0.1) is 6.54 Å². The summed E-state index contributed by atoms with van der Waals surface area (Å²) in [5, 5.41) is 0. The monoisotopic (exact) mass is 300 g/mol. The van der Waals surface area contributed by atoms with Gasteiger partial charge >= 0.3 is 12.1 Å². The minimum atomic E-state index is -4.70. The Labute approximate surface area is 119 Å². The quantitative estimate of drug-likeness (QED) is 0.869. The first-order valence-electron chi connectivity index (χ1n) is 6.38. The predicted molar refractivity (Wildman–Crippen MR) is 71.3 cm³/mol. The van der Waals surface area contributed by atoms with Crippen LogP contribution in [0.5, 0.6) is 5.75 Å². The Bertz CT molecular complexity index is 654. The van der Waals surface area contributed by atoms with Crippen LogP contribution in [0.3, 0.4) is 0 Å². The van der Waals surface area contributed by atoms with Gasteiger partial charge in [-0.1, -0.05) is 12.1 Å². The first-order valence-corrected chi connectivity index (χ1v) is 6.38. The Kier molecular flexibility index (Phi) is 4.11. The van der Waals surface area contributed by atoms with Gasteiger partial charge in [-0.25, -0.2) is 4.79 Å². The molecule has 4 nitrogen and oxygen atoms in total. The Morgan fingerprint density at radius 1 is 1.14 bits per heavy atom. The molecule has 7 heteroatoms. The van der Waals surface area contributed by atoms with Crippen LogP contribution in [0.25, 0.3) is 0 Å². The molecule has 21 heavy (non-hydrogen) atoms. The maximum atomic E-state index is 12.0. The first kappa shape index (κ1) is 15.2. The molecule has 0 N–H and O–H groups in total. The zero-order valence-electron chi connectivity index (χ0n) is 11.6. The molecule has 0 aliphatic carbocycles. The average Bonchev–Trinajstić information content (AvgIpc) is 2.72. The molecule has 0 aliphatic rings. The highest BCUT2D eigenvalue weighted by Gasteiger charge is 2.30. The smallest absolute Gasteiger partial charge is 0.406 e. The van der Waals surface area contributed by atoms with Crippen molar-refractivity contribution in [1.29, 1.82) is 0 Å². The Morgan fingerprint density at radius 2 is 1.76 bits per heavy atom. The Balaban J connectivity index is 2.12. The molecule has 1 aromatic carbocycles. The van der Waals surface area contributed by atoms with Crippen LogP contribution < -0.4 is 10.4 Å². The van der Waals surface area contributed by atoms with Gasteiger partial charge in [0.2, 0.25) is 0 Å². The third kappa shape index (κ3) is 3.90. The number of imidazole rings is 1. The SMILES string of the molecule is CC(C)n1ccn(Cc2ccc(OC(F)(F)F)cc2)c1=O. The zero-order chi connectivity index (χ0) is 15.6. The molecule has 0 saturated carbocycles. The van der Waals surface area contributed by atoms with Crippen molar-refractivity contribution in [2.75, 3.05) is 0 Å². The molecule has 114 valence electrons. The summed E-state index contributed by atoms with van der Waals surface area (Å²) in [7, 11) is 0. The number of ether oxygens (including phenoxy) is 1. The minimum Gasteiger partial charge on any atom is -0.406 e. The summed E-state index contributed by atoms with van der Waals surface area (Å²) >= 11 is 0. The van der Waals surface area contributed by atoms with Crippen LogP contribution in [0.4, 0.5) is 13.2 Å². The lowest BCUT2D eigenvalue weighted by Gasteiger charge is -2.09. The van der Waals surface area contributed by atoms with Crippen LogP contribution in [0.2, 0.25) is 0 Å². The molecular weight excluding hydrogens is 285 g/mol. The van der Waals surface area contributed by atoms with Gasteiger partial charge < -0.3 is 4.74 Å². The summed E-state index contributed by atoms with van der Waals surface area (Å²) in [6.45, 7) is 4.09. The molecule has 0 saturated heterocycles. The van der Waals surface area contributed by atoms with Crippen LogP contribution in [0.15, 0.2) is 41.5 Å². The van der Waals surface area contributed by atoms with Crippen molar-refractivity contribution in [3.05, 3.63) is 52.7 Å². The molecule has 0 bridgehead atoms. The van der Waals surface area contributed by atoms with Crippen LogP contribution in [0.1, 0.15) is 25.5 Å². The Morgan fingerprint density at radius 3 is 2.24 bits per heavy atom. The van der Waals surface area contributed by atoms with Gasteiger partial charge in [-0.15, -0.1) is 13.2 Å². The lowest BCUT2D eigenvalue weighted by atomic mass is 10.2. The molecular formula is C14H15F3N2O2. The lowest BCUT2D eigenvalue weighted by molar-refractivity contribution is -0.274. The summed E-state index contributed by atoms with van der Waals surface area (Å²) in [6.07, 6.45) is -1.36. The molecule has 0 aliphatic heterocycles. The lowest BCUT2D eigenvalue weighted by Crippen LogP contribution is -2.25. The molecule has 2 rings (SSSR count). The highest BCUT2D eigenvalue weighted by Crippen LogP contribution is 2.22. The summed E-state index contributed by atoms with van der Waals surface area (Å²) < 4.78 is 43.0. The summed E-state index contributed by atoms with van der Waals surface area (Å²) in [5.74, 6) is -0.279. The van der Waals surface area contributed by atoms with E-state index in [2.05, 4.69) is 4.74 Å². The van der Waals surface area contributed by atoms with Gasteiger partial charge in [0.25, 0.3) is 0 Å². The summed E-state index contributed by atoms with van der Waals surface area (Å²) in [6, 6.07) is 5.52. The average molecular weight is 300 g/mol. The summed E-state index contributed by atoms with van der Waals surface area (Å²) in [5.41, 5.74) is 0.564. The Hall–Kier alpha value is -2.18. The number of hydrogen-bond acceptors (Lipinski definition) is 2. The molecule has 1 heterocycles. The van der Waals surface area contributed by atoms with E-state index in [9.17, 15) is 18.0 Å². The van der Waals surface area contributed by atoms with E-state index >= 15 is 0 Å². The normalized spacial score (nSPS) is 11.9. The van der Waals surface area contributed by atoms with E-state index in [4.69, 9.17) is 0 Å². The van der Waals surface area contributed by atoms with E-state index in [1.165, 1.54) is 28.8 Å². The van der Waals surface area contributed by atoms with Gasteiger partial charge in [0, 0.05) is 18.4 Å². The van der Waals surface area contributed by atoms with Crippen LogP contribution in [0, 0.1) is 0 Å². The van der Waals surface area contributed by atoms with Crippen molar-refractivity contribution in [3.63, 3.8) is 0 Å². The third-order valence-corrected chi connectivity index (χ3v) is 2.94. The summed E-state index contributed by atoms with van der Waals surface area (Å²) in [4.78, 5) is 12.0. The highest BCUT2D eigenvalue weighted by molar-refractivity contribution is 5.27. The van der Waals surface area contributed by atoms with Gasteiger partial charge in [0.1, 0.15) is 5.75 Å². The van der Waals surface area contributed by atoms with Crippen molar-refractivity contribution in [2.45, 2.75) is 32.8 Å². The fourth-order valence-corrected chi connectivity index (χ4v) is 1.93. The second-order valence-electron chi connectivity index (χ2n) is 4.90. The zero-order valence-corrected chi connectivity index (χ0v) is 11.6. The number of hydrogen-bond donors (Lipinski definition) is 0. The van der Waals surface area contributed by atoms with Crippen molar-refractivity contribution in [3.8, 4) is 5.75 Å². The van der Waals surface area contributed by atoms with Crippen molar-refractivity contribution in [1.82, 2.24) is 9.13 Å². The number of halogens is 3. The molecule has 0 amide bonds. The first-order chi connectivity index (χ1) is 9.76. The van der Waals surface area contributed by atoms with E-state index in [1.54, 1.807) is 17.0 Å². The molecule has 0 atom stereocenters. The van der Waals surface area contributed by atoms with E-state index in [0.29, 0.717) is 12.1 Å². The number of benzene rings is 1. The van der Waals surface area contributed by atoms with E-state index in [1.807, 2.05) is 13.8 Å². The molecule has 0 unspecified atom stereocenters. The van der Waals surface area contributed by atoms with E-state index in [0.717, 1.165) is 0 Å². The van der Waals surface area contributed by atoms with E-state index < -0.39 is 6.36 Å². The van der Waals surface area contributed by atoms with Crippen molar-refractivity contribution >= 4 is 0 Å². The van der Waals surface area contributed by atoms with Crippen molar-refractivity contribution < 1.29 is 17.9 Å². The highest BCUT2D eigenvalue weighted by atomic mass is 19.4. The van der Waals surface area contributed by atoms with Crippen molar-refractivity contribution in [2.24, 2.45) is 0 Å². The second-order valence-corrected chi connectivity index (χ2v) is 4.90. The van der Waals surface area contributed by atoms with Crippen LogP contribution in [-0.4, -0.2) is 15.5 Å². The predicted octanol–water partition coefficient (Wildman–Crippen LogP) is 3.18. The minimum absolute atomic E-state index is 0.0568. The number of nitrogens with zero attached hydrogens (tertiary/aromatic N) is 2. The van der Waals surface area contributed by atoms with Gasteiger partial charge in [-0.3, -0.25) is 9.13 Å². The molecule has 2 aromatic rings. The van der Waals surface area contributed by atoms with Gasteiger partial charge in [0.15, 0.2) is 0 Å². The largest absolute Gasteiger partial charge is 0.573 e. The van der Waals surface area contributed by atoms with Gasteiger partial charge in [-0.2, -0.15) is 0 Å². The molecule has 1 aromatic heterocycles. The third-order valence-electron chi connectivity index (χ3n) is 2.94. The number of alkyl halides is 3. The van der Waals surface area contributed by atoms with E-state index in [-0.39, 0.29) is 17.5 Å². The van der Waals surface area contributed by atoms with Crippen LogP contribution in [-0.2, 0) is 6.54 Å². The fourth-order valence-electron chi connectivity index (χ4n) is 1.93. The number of rotatable bonds is 4. The maximum absolute atomic E-state index is 12.0. The molecule has 0 fully saturated rings. The fraction of sp³-hybridized carbons (Fsp3) is 0.357. The standard InChI is InChI=1S/C14H15F3N2O2/c1-10(2)19-8-7-18(13(19)20)9-11-3-5-12(6-4-11)21-14(15,16)17/h3-8,10H,9H2,1-2H3. The molecule has 0 radical (unpaired) electrons. The molecule has 0 spiro atoms. The maximum Gasteiger partial charge on any atom is 0.573 e. The van der Waals surface area contributed by atoms with Gasteiger partial charge in [-0.05, 0) is 31.5 Å².